The van der Waals surface area contributed by atoms with E-state index in [1.807, 2.05) is 13.8 Å². The highest BCUT2D eigenvalue weighted by atomic mass is 16.2. The van der Waals surface area contributed by atoms with Crippen molar-refractivity contribution in [1.82, 2.24) is 20.3 Å². The van der Waals surface area contributed by atoms with Gasteiger partial charge in [0.2, 0.25) is 5.91 Å². The Morgan fingerprint density at radius 3 is 2.81 bits per heavy atom. The first-order valence-corrected chi connectivity index (χ1v) is 5.33. The molecule has 1 aromatic rings. The lowest BCUT2D eigenvalue weighted by Gasteiger charge is -2.20. The third kappa shape index (κ3) is 1.95. The lowest BCUT2D eigenvalue weighted by Crippen LogP contribution is -2.41. The molecule has 1 aliphatic heterocycles. The summed E-state index contributed by atoms with van der Waals surface area (Å²) in [6, 6.07) is -0.405. The average Bonchev–Trinajstić information content (AvgIpc) is 2.66. The van der Waals surface area contributed by atoms with Gasteiger partial charge in [-0.3, -0.25) is 14.9 Å². The Hall–Kier alpha value is -1.72. The van der Waals surface area contributed by atoms with Gasteiger partial charge in [-0.1, -0.05) is 19.1 Å². The number of nitrogens with one attached hydrogen (secondary N) is 1. The second kappa shape index (κ2) is 4.03. The van der Waals surface area contributed by atoms with Crippen LogP contribution in [-0.2, 0) is 9.59 Å². The van der Waals surface area contributed by atoms with Gasteiger partial charge in [0.1, 0.15) is 6.04 Å². The lowest BCUT2D eigenvalue weighted by molar-refractivity contribution is -0.136. The van der Waals surface area contributed by atoms with E-state index in [4.69, 9.17) is 0 Å². The molecule has 2 rings (SSSR count). The number of piperidine rings is 1. The first-order valence-electron chi connectivity index (χ1n) is 5.33. The second-order valence-corrected chi connectivity index (χ2v) is 4.25. The van der Waals surface area contributed by atoms with Crippen LogP contribution in [0.5, 0.6) is 0 Å². The van der Waals surface area contributed by atoms with Crippen molar-refractivity contribution in [3.05, 3.63) is 11.9 Å². The number of rotatable bonds is 2. The molecule has 0 aromatic carbocycles. The van der Waals surface area contributed by atoms with Crippen molar-refractivity contribution in [2.75, 3.05) is 0 Å². The van der Waals surface area contributed by atoms with E-state index in [1.165, 1.54) is 4.68 Å². The first-order chi connectivity index (χ1) is 7.58. The van der Waals surface area contributed by atoms with Crippen molar-refractivity contribution in [2.24, 2.45) is 0 Å². The molecule has 0 saturated carbocycles. The topological polar surface area (TPSA) is 76.9 Å². The summed E-state index contributed by atoms with van der Waals surface area (Å²) in [5.41, 5.74) is 0.852. The highest BCUT2D eigenvalue weighted by Crippen LogP contribution is 2.19. The molecular weight excluding hydrogens is 208 g/mol. The number of aromatic nitrogens is 3. The van der Waals surface area contributed by atoms with Crippen LogP contribution in [0.2, 0.25) is 0 Å². The number of hydrogen-bond donors (Lipinski definition) is 1. The van der Waals surface area contributed by atoms with E-state index in [2.05, 4.69) is 15.6 Å². The summed E-state index contributed by atoms with van der Waals surface area (Å²) in [5.74, 6) is -0.232. The maximum Gasteiger partial charge on any atom is 0.251 e. The minimum absolute atomic E-state index is 0.217. The molecule has 6 heteroatoms. The summed E-state index contributed by atoms with van der Waals surface area (Å²) in [6.45, 7) is 4.03. The fourth-order valence-corrected chi connectivity index (χ4v) is 1.64. The molecule has 1 saturated heterocycles. The van der Waals surface area contributed by atoms with Crippen molar-refractivity contribution < 1.29 is 9.59 Å². The van der Waals surface area contributed by atoms with Crippen LogP contribution in [-0.4, -0.2) is 26.8 Å². The van der Waals surface area contributed by atoms with E-state index in [0.717, 1.165) is 5.69 Å². The van der Waals surface area contributed by atoms with E-state index in [1.54, 1.807) is 6.20 Å². The Kier molecular flexibility index (Phi) is 2.72. The van der Waals surface area contributed by atoms with Crippen LogP contribution in [0.4, 0.5) is 0 Å². The molecule has 2 amide bonds. The molecule has 1 atom stereocenters. The van der Waals surface area contributed by atoms with Crippen molar-refractivity contribution in [1.29, 1.82) is 0 Å². The van der Waals surface area contributed by atoms with Gasteiger partial charge in [0.15, 0.2) is 0 Å². The van der Waals surface area contributed by atoms with Crippen LogP contribution >= 0.6 is 0 Å². The third-order valence-electron chi connectivity index (χ3n) is 2.65. The number of amides is 2. The maximum absolute atomic E-state index is 11.6. The van der Waals surface area contributed by atoms with Gasteiger partial charge in [-0.05, 0) is 12.3 Å². The van der Waals surface area contributed by atoms with Crippen LogP contribution in [0.3, 0.4) is 0 Å². The molecule has 16 heavy (non-hydrogen) atoms. The van der Waals surface area contributed by atoms with Gasteiger partial charge in [0, 0.05) is 12.6 Å². The van der Waals surface area contributed by atoms with Crippen molar-refractivity contribution >= 4 is 11.8 Å². The molecule has 1 aliphatic rings. The molecule has 0 radical (unpaired) electrons. The van der Waals surface area contributed by atoms with Gasteiger partial charge in [-0.2, -0.15) is 0 Å². The zero-order valence-electron chi connectivity index (χ0n) is 9.30. The zero-order chi connectivity index (χ0) is 11.7. The van der Waals surface area contributed by atoms with Crippen LogP contribution in [0.25, 0.3) is 0 Å². The highest BCUT2D eigenvalue weighted by Gasteiger charge is 2.29. The summed E-state index contributed by atoms with van der Waals surface area (Å²) in [7, 11) is 0. The smallest absolute Gasteiger partial charge is 0.251 e. The van der Waals surface area contributed by atoms with Crippen LogP contribution in [0, 0.1) is 0 Å². The van der Waals surface area contributed by atoms with Gasteiger partial charge in [-0.25, -0.2) is 4.68 Å². The van der Waals surface area contributed by atoms with Crippen LogP contribution < -0.4 is 5.32 Å². The Morgan fingerprint density at radius 2 is 2.25 bits per heavy atom. The Balaban J connectivity index is 2.17. The van der Waals surface area contributed by atoms with Crippen LogP contribution in [0.1, 0.15) is 44.3 Å². The molecule has 1 fully saturated rings. The average molecular weight is 222 g/mol. The highest BCUT2D eigenvalue weighted by molar-refractivity contribution is 5.99. The zero-order valence-corrected chi connectivity index (χ0v) is 9.30. The van der Waals surface area contributed by atoms with Crippen LogP contribution in [0.15, 0.2) is 6.20 Å². The molecule has 1 N–H and O–H groups in total. The maximum atomic E-state index is 11.6. The lowest BCUT2D eigenvalue weighted by atomic mass is 10.1. The van der Waals surface area contributed by atoms with Crippen molar-refractivity contribution in [3.63, 3.8) is 0 Å². The second-order valence-electron chi connectivity index (χ2n) is 4.25. The first kappa shape index (κ1) is 10.8. The summed E-state index contributed by atoms with van der Waals surface area (Å²) < 4.78 is 1.54. The SMILES string of the molecule is CC(C)c1cn(C2CCC(=O)NC2=O)nn1. The summed E-state index contributed by atoms with van der Waals surface area (Å²) in [4.78, 5) is 22.6. The minimum Gasteiger partial charge on any atom is -0.295 e. The van der Waals surface area contributed by atoms with Gasteiger partial charge in [0.05, 0.1) is 5.69 Å². The number of hydrogen-bond acceptors (Lipinski definition) is 4. The molecule has 2 heterocycles. The van der Waals surface area contributed by atoms with E-state index in [0.29, 0.717) is 12.8 Å². The summed E-state index contributed by atoms with van der Waals surface area (Å²) >= 11 is 0. The number of carbonyl (C=O) groups is 2. The quantitative estimate of drug-likeness (QED) is 0.734. The van der Waals surface area contributed by atoms with Crippen molar-refractivity contribution in [2.45, 2.75) is 38.6 Å². The Morgan fingerprint density at radius 1 is 1.50 bits per heavy atom. The summed E-state index contributed by atoms with van der Waals surface area (Å²) in [6.07, 6.45) is 2.61. The van der Waals surface area contributed by atoms with Gasteiger partial charge < -0.3 is 0 Å². The van der Waals surface area contributed by atoms with E-state index in [-0.39, 0.29) is 17.7 Å². The standard InChI is InChI=1S/C10H14N4O2/c1-6(2)7-5-14(13-12-7)8-3-4-9(15)11-10(8)16/h5-6,8H,3-4H2,1-2H3,(H,11,15,16). The molecule has 0 bridgehead atoms. The monoisotopic (exact) mass is 222 g/mol. The molecular formula is C10H14N4O2. The van der Waals surface area contributed by atoms with Gasteiger partial charge >= 0.3 is 0 Å². The van der Waals surface area contributed by atoms with E-state index < -0.39 is 6.04 Å². The van der Waals surface area contributed by atoms with E-state index >= 15 is 0 Å². The molecule has 6 nitrogen and oxygen atoms in total. The molecule has 0 aliphatic carbocycles. The molecule has 1 aromatic heterocycles. The largest absolute Gasteiger partial charge is 0.295 e. The third-order valence-corrected chi connectivity index (χ3v) is 2.65. The number of nitrogens with zero attached hydrogens (tertiary/aromatic N) is 3. The fraction of sp³-hybridized carbons (Fsp3) is 0.600. The summed E-state index contributed by atoms with van der Waals surface area (Å²) in [5, 5.41) is 10.2. The predicted molar refractivity (Wildman–Crippen MR) is 55.5 cm³/mol. The molecule has 0 spiro atoms. The predicted octanol–water partition coefficient (Wildman–Crippen LogP) is 0.379. The Bertz CT molecular complexity index is 424. The number of imide groups is 1. The van der Waals surface area contributed by atoms with E-state index in [9.17, 15) is 9.59 Å². The van der Waals surface area contributed by atoms with Gasteiger partial charge in [0.25, 0.3) is 5.91 Å². The van der Waals surface area contributed by atoms with Gasteiger partial charge in [-0.15, -0.1) is 5.10 Å². The number of carbonyl (C=O) groups excluding carboxylic acids is 2. The fourth-order valence-electron chi connectivity index (χ4n) is 1.64. The molecule has 1 unspecified atom stereocenters. The normalized spacial score (nSPS) is 21.3. The minimum atomic E-state index is -0.405. The van der Waals surface area contributed by atoms with Crippen molar-refractivity contribution in [3.8, 4) is 0 Å². The Labute approximate surface area is 93.0 Å². The molecule has 86 valence electrons.